The molecular formula is C22H25N3O2S. The lowest BCUT2D eigenvalue weighted by molar-refractivity contribution is 0.288. The van der Waals surface area contributed by atoms with Crippen LogP contribution in [-0.4, -0.2) is 30.8 Å². The van der Waals surface area contributed by atoms with Crippen LogP contribution in [0.3, 0.4) is 0 Å². The van der Waals surface area contributed by atoms with Crippen molar-refractivity contribution in [3.05, 3.63) is 66.2 Å². The molecule has 1 aliphatic rings. The number of piperidine rings is 1. The number of aromatic nitrogens is 1. The highest BCUT2D eigenvalue weighted by Gasteiger charge is 2.28. The minimum absolute atomic E-state index is 0.348. The van der Waals surface area contributed by atoms with Gasteiger partial charge in [-0.2, -0.15) is 4.31 Å². The second kappa shape index (κ2) is 7.89. The van der Waals surface area contributed by atoms with E-state index in [2.05, 4.69) is 29.4 Å². The number of rotatable bonds is 5. The lowest BCUT2D eigenvalue weighted by atomic mass is 10.0. The smallest absolute Gasteiger partial charge is 0.243 e. The summed E-state index contributed by atoms with van der Waals surface area (Å²) in [6.45, 7) is 4.07. The molecule has 2 aromatic carbocycles. The minimum atomic E-state index is -3.44. The second-order valence-electron chi connectivity index (χ2n) is 7.48. The predicted octanol–water partition coefficient (Wildman–Crippen LogP) is 4.27. The quantitative estimate of drug-likeness (QED) is 0.701. The van der Waals surface area contributed by atoms with Crippen molar-refractivity contribution in [3.8, 4) is 0 Å². The number of pyridine rings is 1. The van der Waals surface area contributed by atoms with Crippen LogP contribution in [-0.2, 0) is 16.6 Å². The van der Waals surface area contributed by atoms with Crippen LogP contribution >= 0.6 is 0 Å². The van der Waals surface area contributed by atoms with Crippen molar-refractivity contribution >= 4 is 26.7 Å². The third kappa shape index (κ3) is 4.03. The Morgan fingerprint density at radius 3 is 2.54 bits per heavy atom. The minimum Gasteiger partial charge on any atom is -0.366 e. The van der Waals surface area contributed by atoms with Gasteiger partial charge in [-0.3, -0.25) is 0 Å². The zero-order valence-electron chi connectivity index (χ0n) is 16.0. The number of anilines is 1. The molecule has 146 valence electrons. The fourth-order valence-corrected chi connectivity index (χ4v) is 5.03. The number of nitrogens with zero attached hydrogens (tertiary/aromatic N) is 2. The Bertz CT molecular complexity index is 1060. The van der Waals surface area contributed by atoms with Crippen LogP contribution in [0.15, 0.2) is 65.6 Å². The van der Waals surface area contributed by atoms with Gasteiger partial charge in [0.15, 0.2) is 0 Å². The van der Waals surface area contributed by atoms with Crippen LogP contribution in [0.5, 0.6) is 0 Å². The summed E-state index contributed by atoms with van der Waals surface area (Å²) >= 11 is 0. The molecule has 3 aromatic rings. The Labute approximate surface area is 166 Å². The number of nitrogens with one attached hydrogen (secondary N) is 1. The van der Waals surface area contributed by atoms with Gasteiger partial charge in [0.2, 0.25) is 10.0 Å². The molecule has 0 spiro atoms. The van der Waals surface area contributed by atoms with Gasteiger partial charge in [-0.05, 0) is 54.7 Å². The fraction of sp³-hybridized carbons (Fsp3) is 0.318. The molecule has 0 atom stereocenters. The van der Waals surface area contributed by atoms with Gasteiger partial charge in [0, 0.05) is 25.0 Å². The molecule has 1 aliphatic heterocycles. The third-order valence-electron chi connectivity index (χ3n) is 5.36. The second-order valence-corrected chi connectivity index (χ2v) is 9.41. The van der Waals surface area contributed by atoms with Gasteiger partial charge in [0.25, 0.3) is 0 Å². The van der Waals surface area contributed by atoms with E-state index in [1.165, 1.54) is 5.56 Å². The molecule has 0 saturated carbocycles. The molecule has 2 heterocycles. The fourth-order valence-electron chi connectivity index (χ4n) is 3.53. The van der Waals surface area contributed by atoms with E-state index < -0.39 is 10.0 Å². The van der Waals surface area contributed by atoms with Crippen molar-refractivity contribution in [3.63, 3.8) is 0 Å². The number of hydrogen-bond donors (Lipinski definition) is 1. The third-order valence-corrected chi connectivity index (χ3v) is 7.25. The molecule has 1 saturated heterocycles. The van der Waals surface area contributed by atoms with Crippen LogP contribution in [0.2, 0.25) is 0 Å². The van der Waals surface area contributed by atoms with Crippen LogP contribution in [0, 0.1) is 5.92 Å². The maximum atomic E-state index is 13.0. The highest BCUT2D eigenvalue weighted by Crippen LogP contribution is 2.26. The van der Waals surface area contributed by atoms with Crippen molar-refractivity contribution < 1.29 is 8.42 Å². The van der Waals surface area contributed by atoms with E-state index in [-0.39, 0.29) is 0 Å². The van der Waals surface area contributed by atoms with Crippen molar-refractivity contribution in [2.75, 3.05) is 18.4 Å². The van der Waals surface area contributed by atoms with Gasteiger partial charge in [0.05, 0.1) is 10.4 Å². The first-order valence-corrected chi connectivity index (χ1v) is 11.2. The topological polar surface area (TPSA) is 62.3 Å². The van der Waals surface area contributed by atoms with Crippen LogP contribution in [0.1, 0.15) is 25.3 Å². The van der Waals surface area contributed by atoms with E-state index in [4.69, 9.17) is 0 Å². The SMILES string of the molecule is CC1CCN(S(=O)(=O)c2ccc3nc(NCc4ccccc4)ccc3c2)CC1. The van der Waals surface area contributed by atoms with E-state index in [0.717, 1.165) is 29.6 Å². The largest absolute Gasteiger partial charge is 0.366 e. The molecule has 5 nitrogen and oxygen atoms in total. The predicted molar refractivity (Wildman–Crippen MR) is 113 cm³/mol. The number of benzene rings is 2. The van der Waals surface area contributed by atoms with Crippen molar-refractivity contribution in [1.29, 1.82) is 0 Å². The summed E-state index contributed by atoms with van der Waals surface area (Å²) in [7, 11) is -3.44. The van der Waals surface area contributed by atoms with E-state index in [9.17, 15) is 8.42 Å². The van der Waals surface area contributed by atoms with Gasteiger partial charge in [-0.25, -0.2) is 13.4 Å². The van der Waals surface area contributed by atoms with Gasteiger partial charge in [-0.15, -0.1) is 0 Å². The average Bonchev–Trinajstić information content (AvgIpc) is 2.73. The van der Waals surface area contributed by atoms with Crippen molar-refractivity contribution in [2.45, 2.75) is 31.2 Å². The summed E-state index contributed by atoms with van der Waals surface area (Å²) in [5, 5.41) is 4.15. The van der Waals surface area contributed by atoms with Crippen LogP contribution in [0.4, 0.5) is 5.82 Å². The van der Waals surface area contributed by atoms with Crippen molar-refractivity contribution in [1.82, 2.24) is 9.29 Å². The van der Waals surface area contributed by atoms with Gasteiger partial charge in [0.1, 0.15) is 5.82 Å². The molecule has 0 amide bonds. The van der Waals surface area contributed by atoms with Gasteiger partial charge >= 0.3 is 0 Å². The van der Waals surface area contributed by atoms with Crippen LogP contribution in [0.25, 0.3) is 10.9 Å². The molecular weight excluding hydrogens is 370 g/mol. The first-order valence-electron chi connectivity index (χ1n) is 9.71. The summed E-state index contributed by atoms with van der Waals surface area (Å²) in [5.74, 6) is 1.37. The maximum Gasteiger partial charge on any atom is 0.243 e. The first-order chi connectivity index (χ1) is 13.5. The van der Waals surface area contributed by atoms with Gasteiger partial charge in [-0.1, -0.05) is 37.3 Å². The van der Waals surface area contributed by atoms with Crippen LogP contribution < -0.4 is 5.32 Å². The lowest BCUT2D eigenvalue weighted by Gasteiger charge is -2.29. The highest BCUT2D eigenvalue weighted by molar-refractivity contribution is 7.89. The van der Waals surface area contributed by atoms with E-state index in [1.54, 1.807) is 22.5 Å². The number of fused-ring (bicyclic) bond motifs is 1. The molecule has 1 aromatic heterocycles. The van der Waals surface area contributed by atoms with Crippen molar-refractivity contribution in [2.24, 2.45) is 5.92 Å². The molecule has 0 unspecified atom stereocenters. The first kappa shape index (κ1) is 18.9. The molecule has 4 rings (SSSR count). The summed E-state index contributed by atoms with van der Waals surface area (Å²) in [6, 6.07) is 19.2. The summed E-state index contributed by atoms with van der Waals surface area (Å²) in [5.41, 5.74) is 1.96. The Hall–Kier alpha value is -2.44. The van der Waals surface area contributed by atoms with E-state index >= 15 is 0 Å². The molecule has 0 aliphatic carbocycles. The molecule has 1 N–H and O–H groups in total. The maximum absolute atomic E-state index is 13.0. The number of sulfonamides is 1. The Kier molecular flexibility index (Phi) is 5.33. The molecule has 0 bridgehead atoms. The Balaban J connectivity index is 1.53. The lowest BCUT2D eigenvalue weighted by Crippen LogP contribution is -2.37. The summed E-state index contributed by atoms with van der Waals surface area (Å²) in [4.78, 5) is 4.96. The average molecular weight is 396 g/mol. The molecule has 1 fully saturated rings. The Morgan fingerprint density at radius 1 is 1.04 bits per heavy atom. The summed E-state index contributed by atoms with van der Waals surface area (Å²) < 4.78 is 27.5. The standard InChI is InChI=1S/C22H25N3O2S/c1-17-11-13-25(14-12-17)28(26,27)20-8-9-21-19(15-20)7-10-22(24-21)23-16-18-5-3-2-4-6-18/h2-10,15,17H,11-14,16H2,1H3,(H,23,24). The zero-order valence-corrected chi connectivity index (χ0v) is 16.8. The van der Waals surface area contributed by atoms with E-state index in [0.29, 0.717) is 30.4 Å². The zero-order chi connectivity index (χ0) is 19.6. The molecule has 0 radical (unpaired) electrons. The molecule has 28 heavy (non-hydrogen) atoms. The Morgan fingerprint density at radius 2 is 1.79 bits per heavy atom. The van der Waals surface area contributed by atoms with Gasteiger partial charge < -0.3 is 5.32 Å². The normalized spacial score (nSPS) is 16.3. The summed E-state index contributed by atoms with van der Waals surface area (Å²) in [6.07, 6.45) is 1.84. The molecule has 6 heteroatoms. The van der Waals surface area contributed by atoms with E-state index in [1.807, 2.05) is 30.3 Å². The number of hydrogen-bond acceptors (Lipinski definition) is 4. The highest BCUT2D eigenvalue weighted by atomic mass is 32.2. The monoisotopic (exact) mass is 395 g/mol.